The maximum atomic E-state index is 12.9. The van der Waals surface area contributed by atoms with Crippen molar-refractivity contribution in [3.05, 3.63) is 30.1 Å². The summed E-state index contributed by atoms with van der Waals surface area (Å²) in [7, 11) is 0. The summed E-state index contributed by atoms with van der Waals surface area (Å²) in [6, 6.07) is 3.22. The number of nitrogens with two attached hydrogens (primary N) is 1. The van der Waals surface area contributed by atoms with Crippen LogP contribution >= 0.6 is 0 Å². The van der Waals surface area contributed by atoms with Gasteiger partial charge in [-0.3, -0.25) is 4.79 Å². The summed E-state index contributed by atoms with van der Waals surface area (Å²) >= 11 is 0. The lowest BCUT2D eigenvalue weighted by molar-refractivity contribution is -0.184. The second-order valence-corrected chi connectivity index (χ2v) is 5.48. The second-order valence-electron chi connectivity index (χ2n) is 5.48. The fourth-order valence-electron chi connectivity index (χ4n) is 2.76. The first-order valence-corrected chi connectivity index (χ1v) is 6.95. The molecule has 0 saturated carbocycles. The van der Waals surface area contributed by atoms with Crippen molar-refractivity contribution in [1.82, 2.24) is 14.5 Å². The Bertz CT molecular complexity index is 710. The Hall–Kier alpha value is -2.25. The highest BCUT2D eigenvalue weighted by Crippen LogP contribution is 2.33. The van der Waals surface area contributed by atoms with Crippen molar-refractivity contribution in [2.75, 3.05) is 18.8 Å². The standard InChI is InChI=1S/C14H15F3N4O/c15-14(16,17)9-2-1-4-20(8-9)13(22)11-7-19-21-5-3-10(18)6-12(11)21/h3,5-7,9H,1-2,4,8,18H2/t9-/m1/s1. The maximum absolute atomic E-state index is 12.9. The smallest absolute Gasteiger partial charge is 0.393 e. The number of halogens is 3. The normalized spacial score (nSPS) is 19.6. The molecule has 118 valence electrons. The van der Waals surface area contributed by atoms with Crippen LogP contribution in [0.25, 0.3) is 5.52 Å². The number of piperidine rings is 1. The van der Waals surface area contributed by atoms with E-state index in [4.69, 9.17) is 5.73 Å². The first-order valence-electron chi connectivity index (χ1n) is 6.95. The van der Waals surface area contributed by atoms with Crippen LogP contribution in [0.1, 0.15) is 23.2 Å². The largest absolute Gasteiger partial charge is 0.399 e. The van der Waals surface area contributed by atoms with E-state index in [-0.39, 0.29) is 18.5 Å². The molecule has 3 heterocycles. The number of fused-ring (bicyclic) bond motifs is 1. The van der Waals surface area contributed by atoms with Gasteiger partial charge in [0, 0.05) is 25.0 Å². The first-order chi connectivity index (χ1) is 10.4. The summed E-state index contributed by atoms with van der Waals surface area (Å²) in [5.74, 6) is -1.90. The van der Waals surface area contributed by atoms with E-state index in [9.17, 15) is 18.0 Å². The third kappa shape index (κ3) is 2.60. The lowest BCUT2D eigenvalue weighted by atomic mass is 9.97. The van der Waals surface area contributed by atoms with E-state index in [0.717, 1.165) is 0 Å². The molecular weight excluding hydrogens is 297 g/mol. The van der Waals surface area contributed by atoms with E-state index in [0.29, 0.717) is 24.2 Å². The first kappa shape index (κ1) is 14.7. The number of alkyl halides is 3. The molecular formula is C14H15F3N4O. The van der Waals surface area contributed by atoms with Gasteiger partial charge in [-0.1, -0.05) is 0 Å². The number of pyridine rings is 1. The lowest BCUT2D eigenvalue weighted by Gasteiger charge is -2.33. The maximum Gasteiger partial charge on any atom is 0.393 e. The molecule has 1 aliphatic heterocycles. The second kappa shape index (κ2) is 5.19. The minimum absolute atomic E-state index is 0.0645. The summed E-state index contributed by atoms with van der Waals surface area (Å²) in [6.45, 7) is 0.0209. The van der Waals surface area contributed by atoms with Crippen LogP contribution in [-0.2, 0) is 0 Å². The van der Waals surface area contributed by atoms with Gasteiger partial charge in [-0.2, -0.15) is 18.3 Å². The number of nitrogens with zero attached hydrogens (tertiary/aromatic N) is 3. The highest BCUT2D eigenvalue weighted by Gasteiger charge is 2.43. The molecule has 2 aromatic heterocycles. The monoisotopic (exact) mass is 312 g/mol. The van der Waals surface area contributed by atoms with Crippen molar-refractivity contribution in [1.29, 1.82) is 0 Å². The number of anilines is 1. The molecule has 8 heteroatoms. The van der Waals surface area contributed by atoms with Crippen molar-refractivity contribution in [2.24, 2.45) is 5.92 Å². The van der Waals surface area contributed by atoms with Gasteiger partial charge in [-0.25, -0.2) is 4.52 Å². The summed E-state index contributed by atoms with van der Waals surface area (Å²) < 4.78 is 40.0. The van der Waals surface area contributed by atoms with Crippen LogP contribution in [0.4, 0.5) is 18.9 Å². The molecule has 1 fully saturated rings. The number of hydrogen-bond donors (Lipinski definition) is 1. The average Bonchev–Trinajstić information content (AvgIpc) is 2.88. The van der Waals surface area contributed by atoms with Gasteiger partial charge < -0.3 is 10.6 Å². The third-order valence-corrected chi connectivity index (χ3v) is 3.95. The summed E-state index contributed by atoms with van der Waals surface area (Å²) in [5.41, 5.74) is 6.93. The Morgan fingerprint density at radius 1 is 1.41 bits per heavy atom. The van der Waals surface area contributed by atoms with E-state index >= 15 is 0 Å². The van der Waals surface area contributed by atoms with Gasteiger partial charge in [-0.15, -0.1) is 0 Å². The van der Waals surface area contributed by atoms with E-state index in [1.54, 1.807) is 18.3 Å². The molecule has 0 unspecified atom stereocenters. The Kier molecular flexibility index (Phi) is 3.46. The molecule has 1 aliphatic rings. The molecule has 5 nitrogen and oxygen atoms in total. The number of carbonyl (C=O) groups excluding carboxylic acids is 1. The number of hydrogen-bond acceptors (Lipinski definition) is 3. The van der Waals surface area contributed by atoms with Gasteiger partial charge >= 0.3 is 6.18 Å². The predicted octanol–water partition coefficient (Wildman–Crippen LogP) is 2.33. The Morgan fingerprint density at radius 2 is 2.18 bits per heavy atom. The molecule has 2 aromatic rings. The van der Waals surface area contributed by atoms with Crippen LogP contribution in [0, 0.1) is 5.92 Å². The van der Waals surface area contributed by atoms with Crippen LogP contribution < -0.4 is 5.73 Å². The van der Waals surface area contributed by atoms with Crippen molar-refractivity contribution < 1.29 is 18.0 Å². The van der Waals surface area contributed by atoms with Gasteiger partial charge in [0.1, 0.15) is 0 Å². The van der Waals surface area contributed by atoms with Crippen molar-refractivity contribution >= 4 is 17.1 Å². The molecule has 2 N–H and O–H groups in total. The fourth-order valence-corrected chi connectivity index (χ4v) is 2.76. The number of carbonyl (C=O) groups is 1. The molecule has 1 saturated heterocycles. The van der Waals surface area contributed by atoms with Crippen LogP contribution in [0.2, 0.25) is 0 Å². The van der Waals surface area contributed by atoms with E-state index in [1.165, 1.54) is 15.6 Å². The van der Waals surface area contributed by atoms with Crippen LogP contribution in [-0.4, -0.2) is 39.7 Å². The molecule has 0 aliphatic carbocycles. The van der Waals surface area contributed by atoms with Crippen molar-refractivity contribution in [3.63, 3.8) is 0 Å². The molecule has 0 radical (unpaired) electrons. The van der Waals surface area contributed by atoms with Crippen molar-refractivity contribution in [3.8, 4) is 0 Å². The summed E-state index contributed by atoms with van der Waals surface area (Å²) in [6.07, 6.45) is -0.888. The topological polar surface area (TPSA) is 63.6 Å². The molecule has 1 amide bonds. The zero-order valence-electron chi connectivity index (χ0n) is 11.7. The highest BCUT2D eigenvalue weighted by molar-refractivity contribution is 6.01. The van der Waals surface area contributed by atoms with E-state index in [1.807, 2.05) is 0 Å². The fraction of sp³-hybridized carbons (Fsp3) is 0.429. The quantitative estimate of drug-likeness (QED) is 0.879. The van der Waals surface area contributed by atoms with Gasteiger partial charge in [-0.05, 0) is 25.0 Å². The highest BCUT2D eigenvalue weighted by atomic mass is 19.4. The average molecular weight is 312 g/mol. The molecule has 3 rings (SSSR count). The van der Waals surface area contributed by atoms with Crippen molar-refractivity contribution in [2.45, 2.75) is 19.0 Å². The summed E-state index contributed by atoms with van der Waals surface area (Å²) in [4.78, 5) is 13.8. The Labute approximate surface area is 124 Å². The number of aromatic nitrogens is 2. The molecule has 0 aromatic carbocycles. The van der Waals surface area contributed by atoms with Crippen LogP contribution in [0.15, 0.2) is 24.5 Å². The Morgan fingerprint density at radius 3 is 2.91 bits per heavy atom. The zero-order valence-corrected chi connectivity index (χ0v) is 11.7. The molecule has 0 bridgehead atoms. The lowest BCUT2D eigenvalue weighted by Crippen LogP contribution is -2.44. The molecule has 1 atom stereocenters. The van der Waals surface area contributed by atoms with E-state index in [2.05, 4.69) is 5.10 Å². The van der Waals surface area contributed by atoms with Gasteiger partial charge in [0.05, 0.1) is 23.2 Å². The SMILES string of the molecule is Nc1ccn2ncc(C(=O)N3CCC[C@@H](C(F)(F)F)C3)c2c1. The van der Waals surface area contributed by atoms with Gasteiger partial charge in [0.2, 0.25) is 0 Å². The number of amides is 1. The van der Waals surface area contributed by atoms with Gasteiger partial charge in [0.25, 0.3) is 5.91 Å². The van der Waals surface area contributed by atoms with Crippen LogP contribution in [0.3, 0.4) is 0 Å². The summed E-state index contributed by atoms with van der Waals surface area (Å²) in [5, 5.41) is 4.03. The Balaban J connectivity index is 1.88. The van der Waals surface area contributed by atoms with Crippen LogP contribution in [0.5, 0.6) is 0 Å². The minimum Gasteiger partial charge on any atom is -0.399 e. The van der Waals surface area contributed by atoms with Gasteiger partial charge in [0.15, 0.2) is 0 Å². The number of rotatable bonds is 1. The molecule has 22 heavy (non-hydrogen) atoms. The third-order valence-electron chi connectivity index (χ3n) is 3.95. The minimum atomic E-state index is -4.27. The number of likely N-dealkylation sites (tertiary alicyclic amines) is 1. The van der Waals surface area contributed by atoms with E-state index < -0.39 is 18.0 Å². The zero-order chi connectivity index (χ0) is 15.9. The molecule has 0 spiro atoms. The number of nitrogen functional groups attached to an aromatic ring is 1. The predicted molar refractivity (Wildman–Crippen MR) is 74.3 cm³/mol.